The van der Waals surface area contributed by atoms with Gasteiger partial charge in [-0.15, -0.1) is 22.7 Å². The van der Waals surface area contributed by atoms with Crippen LogP contribution in [0.15, 0.2) is 66.0 Å². The lowest BCUT2D eigenvalue weighted by atomic mass is 10.2. The number of ether oxygens (including phenoxy) is 2. The molecular weight excluding hydrogens is 416 g/mol. The van der Waals surface area contributed by atoms with Gasteiger partial charge in [0.25, 0.3) is 5.91 Å². The number of aryl methyl sites for hydroxylation is 1. The van der Waals surface area contributed by atoms with Crippen molar-refractivity contribution in [3.63, 3.8) is 0 Å². The van der Waals surface area contributed by atoms with Crippen molar-refractivity contribution in [2.24, 2.45) is 0 Å². The van der Waals surface area contributed by atoms with Gasteiger partial charge in [-0.05, 0) is 61.7 Å². The first kappa shape index (κ1) is 20.1. The number of hydrogen-bond acceptors (Lipinski definition) is 6. The molecule has 1 amide bonds. The Balaban J connectivity index is 1.52. The van der Waals surface area contributed by atoms with Gasteiger partial charge in [0.2, 0.25) is 0 Å². The molecule has 0 bridgehead atoms. The number of hydrogen-bond donors (Lipinski definition) is 1. The van der Waals surface area contributed by atoms with E-state index < -0.39 is 0 Å². The molecule has 0 aliphatic heterocycles. The van der Waals surface area contributed by atoms with E-state index in [1.165, 1.54) is 11.3 Å². The van der Waals surface area contributed by atoms with Crippen molar-refractivity contribution in [3.8, 4) is 27.1 Å². The minimum Gasteiger partial charge on any atom is -0.494 e. The molecule has 0 spiro atoms. The van der Waals surface area contributed by atoms with Crippen LogP contribution in [0.3, 0.4) is 0 Å². The molecule has 0 radical (unpaired) electrons. The minimum absolute atomic E-state index is 0.199. The molecule has 152 valence electrons. The van der Waals surface area contributed by atoms with Gasteiger partial charge in [-0.3, -0.25) is 4.79 Å². The van der Waals surface area contributed by atoms with Crippen LogP contribution in [-0.4, -0.2) is 17.5 Å². The fourth-order valence-electron chi connectivity index (χ4n) is 2.85. The second-order valence-electron chi connectivity index (χ2n) is 6.37. The number of para-hydroxylation sites is 2. The van der Waals surface area contributed by atoms with Crippen LogP contribution < -0.4 is 14.8 Å². The van der Waals surface area contributed by atoms with Gasteiger partial charge in [0, 0.05) is 0 Å². The van der Waals surface area contributed by atoms with Gasteiger partial charge in [-0.1, -0.05) is 18.2 Å². The summed E-state index contributed by atoms with van der Waals surface area (Å²) >= 11 is 3.00. The van der Waals surface area contributed by atoms with E-state index in [1.807, 2.05) is 79.9 Å². The van der Waals surface area contributed by atoms with E-state index in [0.29, 0.717) is 34.4 Å². The number of thiazole rings is 1. The van der Waals surface area contributed by atoms with Crippen LogP contribution in [0.2, 0.25) is 0 Å². The number of benzene rings is 2. The highest BCUT2D eigenvalue weighted by atomic mass is 32.1. The zero-order valence-corrected chi connectivity index (χ0v) is 18.2. The van der Waals surface area contributed by atoms with Crippen LogP contribution >= 0.6 is 22.7 Å². The predicted octanol–water partition coefficient (Wildman–Crippen LogP) is 6.62. The van der Waals surface area contributed by atoms with E-state index in [1.54, 1.807) is 11.3 Å². The van der Waals surface area contributed by atoms with Crippen LogP contribution in [0.5, 0.6) is 17.2 Å². The summed E-state index contributed by atoms with van der Waals surface area (Å²) in [6.45, 7) is 4.41. The van der Waals surface area contributed by atoms with Crippen molar-refractivity contribution >= 4 is 34.3 Å². The summed E-state index contributed by atoms with van der Waals surface area (Å²) < 4.78 is 11.5. The molecule has 0 aliphatic rings. The van der Waals surface area contributed by atoms with Crippen LogP contribution in [0.4, 0.5) is 5.69 Å². The Morgan fingerprint density at radius 1 is 1.03 bits per heavy atom. The number of nitrogens with one attached hydrogen (secondary N) is 1. The lowest BCUT2D eigenvalue weighted by Crippen LogP contribution is -2.12. The van der Waals surface area contributed by atoms with Crippen molar-refractivity contribution in [1.82, 2.24) is 4.98 Å². The molecule has 0 unspecified atom stereocenters. The predicted molar refractivity (Wildman–Crippen MR) is 122 cm³/mol. The monoisotopic (exact) mass is 436 g/mol. The van der Waals surface area contributed by atoms with Gasteiger partial charge in [0.1, 0.15) is 21.4 Å². The SMILES string of the molecule is CCOc1ccc(Oc2ccccc2NC(=O)c2sc(-c3cccs3)nc2C)cc1. The number of nitrogens with zero attached hydrogens (tertiary/aromatic N) is 1. The summed E-state index contributed by atoms with van der Waals surface area (Å²) in [7, 11) is 0. The minimum atomic E-state index is -0.199. The lowest BCUT2D eigenvalue weighted by Gasteiger charge is -2.12. The van der Waals surface area contributed by atoms with Crippen molar-refractivity contribution in [2.75, 3.05) is 11.9 Å². The van der Waals surface area contributed by atoms with Crippen molar-refractivity contribution in [3.05, 3.63) is 76.6 Å². The third-order valence-electron chi connectivity index (χ3n) is 4.23. The van der Waals surface area contributed by atoms with Crippen molar-refractivity contribution < 1.29 is 14.3 Å². The van der Waals surface area contributed by atoms with E-state index >= 15 is 0 Å². The summed E-state index contributed by atoms with van der Waals surface area (Å²) in [5.41, 5.74) is 1.31. The fourth-order valence-corrected chi connectivity index (χ4v) is 4.61. The number of aromatic nitrogens is 1. The molecule has 0 aliphatic carbocycles. The molecule has 0 saturated heterocycles. The maximum atomic E-state index is 12.9. The molecule has 4 aromatic rings. The highest BCUT2D eigenvalue weighted by Gasteiger charge is 2.18. The second kappa shape index (κ2) is 9.11. The Bertz CT molecular complexity index is 1140. The summed E-state index contributed by atoms with van der Waals surface area (Å²) in [6.07, 6.45) is 0. The quantitative estimate of drug-likeness (QED) is 0.353. The van der Waals surface area contributed by atoms with E-state index in [-0.39, 0.29) is 5.91 Å². The standard InChI is InChI=1S/C23H20N2O3S2/c1-3-27-16-10-12-17(13-11-16)28-19-8-5-4-7-18(19)25-22(26)21-15(2)24-23(30-21)20-9-6-14-29-20/h4-14H,3H2,1-2H3,(H,25,26). The first-order valence-corrected chi connectivity index (χ1v) is 11.2. The van der Waals surface area contributed by atoms with Gasteiger partial charge in [-0.2, -0.15) is 0 Å². The number of carbonyl (C=O) groups excluding carboxylic acids is 1. The number of rotatable bonds is 7. The molecule has 0 atom stereocenters. The maximum absolute atomic E-state index is 12.9. The molecule has 5 nitrogen and oxygen atoms in total. The van der Waals surface area contributed by atoms with Gasteiger partial charge in [0.15, 0.2) is 5.75 Å². The fraction of sp³-hybridized carbons (Fsp3) is 0.130. The number of thiophene rings is 1. The van der Waals surface area contributed by atoms with Gasteiger partial charge in [0.05, 0.1) is 22.9 Å². The van der Waals surface area contributed by atoms with E-state index in [4.69, 9.17) is 9.47 Å². The third-order valence-corrected chi connectivity index (χ3v) is 6.43. The van der Waals surface area contributed by atoms with Crippen molar-refractivity contribution in [1.29, 1.82) is 0 Å². The van der Waals surface area contributed by atoms with E-state index in [0.717, 1.165) is 15.6 Å². The Kier molecular flexibility index (Phi) is 6.11. The zero-order valence-electron chi connectivity index (χ0n) is 16.5. The van der Waals surface area contributed by atoms with Gasteiger partial charge < -0.3 is 14.8 Å². The first-order chi connectivity index (χ1) is 14.6. The van der Waals surface area contributed by atoms with E-state index in [2.05, 4.69) is 10.3 Å². The zero-order chi connectivity index (χ0) is 20.9. The smallest absolute Gasteiger partial charge is 0.267 e. The highest BCUT2D eigenvalue weighted by molar-refractivity contribution is 7.22. The normalized spacial score (nSPS) is 10.6. The Morgan fingerprint density at radius 2 is 1.80 bits per heavy atom. The van der Waals surface area contributed by atoms with Crippen LogP contribution in [0, 0.1) is 6.92 Å². The van der Waals surface area contributed by atoms with Gasteiger partial charge >= 0.3 is 0 Å². The molecule has 2 heterocycles. The average Bonchev–Trinajstić information content (AvgIpc) is 3.41. The lowest BCUT2D eigenvalue weighted by molar-refractivity contribution is 0.102. The summed E-state index contributed by atoms with van der Waals surface area (Å²) in [4.78, 5) is 19.1. The Morgan fingerprint density at radius 3 is 2.53 bits per heavy atom. The largest absolute Gasteiger partial charge is 0.494 e. The molecule has 7 heteroatoms. The Hall–Kier alpha value is -3.16. The van der Waals surface area contributed by atoms with Crippen LogP contribution in [-0.2, 0) is 0 Å². The number of carbonyl (C=O) groups is 1. The summed E-state index contributed by atoms with van der Waals surface area (Å²) in [6, 6.07) is 18.7. The third kappa shape index (κ3) is 4.53. The molecule has 0 fully saturated rings. The van der Waals surface area contributed by atoms with Crippen LogP contribution in [0.25, 0.3) is 9.88 Å². The molecule has 30 heavy (non-hydrogen) atoms. The highest BCUT2D eigenvalue weighted by Crippen LogP contribution is 2.33. The molecule has 2 aromatic carbocycles. The average molecular weight is 437 g/mol. The molecule has 4 rings (SSSR count). The Labute approximate surface area is 183 Å². The van der Waals surface area contributed by atoms with E-state index in [9.17, 15) is 4.79 Å². The number of anilines is 1. The summed E-state index contributed by atoms with van der Waals surface area (Å²) in [5.74, 6) is 1.81. The topological polar surface area (TPSA) is 60.5 Å². The molecule has 2 aromatic heterocycles. The van der Waals surface area contributed by atoms with Gasteiger partial charge in [-0.25, -0.2) is 4.98 Å². The van der Waals surface area contributed by atoms with Crippen LogP contribution in [0.1, 0.15) is 22.3 Å². The van der Waals surface area contributed by atoms with Crippen molar-refractivity contribution in [2.45, 2.75) is 13.8 Å². The maximum Gasteiger partial charge on any atom is 0.267 e. The number of amides is 1. The molecule has 1 N–H and O–H groups in total. The first-order valence-electron chi connectivity index (χ1n) is 9.46. The molecular formula is C23H20N2O3S2. The second-order valence-corrected chi connectivity index (χ2v) is 8.31. The molecule has 0 saturated carbocycles. The summed E-state index contributed by atoms with van der Waals surface area (Å²) in [5, 5.41) is 5.82.